The lowest BCUT2D eigenvalue weighted by Gasteiger charge is -2.18. The minimum Gasteiger partial charge on any atom is -0.502 e. The second kappa shape index (κ2) is 4.73. The van der Waals surface area contributed by atoms with E-state index in [0.717, 1.165) is 5.56 Å². The van der Waals surface area contributed by atoms with Gasteiger partial charge in [-0.25, -0.2) is 4.39 Å². The maximum Gasteiger partial charge on any atom is 0.194 e. The van der Waals surface area contributed by atoms with Gasteiger partial charge in [-0.15, -0.1) is 0 Å². The van der Waals surface area contributed by atoms with Crippen molar-refractivity contribution in [1.29, 1.82) is 0 Å². The van der Waals surface area contributed by atoms with E-state index in [2.05, 4.69) is 0 Å². The third-order valence-electron chi connectivity index (χ3n) is 2.70. The monoisotopic (exact) mass is 226 g/mol. The summed E-state index contributed by atoms with van der Waals surface area (Å²) in [5, 5.41) is 9.76. The van der Waals surface area contributed by atoms with Gasteiger partial charge in [0.1, 0.15) is 0 Å². The van der Waals surface area contributed by atoms with E-state index in [4.69, 9.17) is 4.74 Å². The van der Waals surface area contributed by atoms with Crippen LogP contribution >= 0.6 is 0 Å². The molecule has 0 radical (unpaired) electrons. The Bertz CT molecular complexity index is 384. The Balaban J connectivity index is 3.49. The van der Waals surface area contributed by atoms with Crippen molar-refractivity contribution < 1.29 is 14.2 Å². The summed E-state index contributed by atoms with van der Waals surface area (Å²) in [6.07, 6.45) is 0. The van der Waals surface area contributed by atoms with E-state index in [0.29, 0.717) is 5.56 Å². The summed E-state index contributed by atoms with van der Waals surface area (Å²) in [5.41, 5.74) is 1.37. The smallest absolute Gasteiger partial charge is 0.194 e. The van der Waals surface area contributed by atoms with Crippen LogP contribution < -0.4 is 4.74 Å². The largest absolute Gasteiger partial charge is 0.502 e. The fourth-order valence-electron chi connectivity index (χ4n) is 1.73. The molecule has 0 heterocycles. The van der Waals surface area contributed by atoms with Crippen molar-refractivity contribution in [1.82, 2.24) is 0 Å². The summed E-state index contributed by atoms with van der Waals surface area (Å²) >= 11 is 0. The van der Waals surface area contributed by atoms with Gasteiger partial charge in [0.25, 0.3) is 0 Å². The Morgan fingerprint density at radius 2 is 1.62 bits per heavy atom. The molecule has 1 N–H and O–H groups in total. The molecule has 0 unspecified atom stereocenters. The zero-order valence-electron chi connectivity index (χ0n) is 10.5. The van der Waals surface area contributed by atoms with E-state index in [1.165, 1.54) is 7.11 Å². The molecule has 3 heteroatoms. The van der Waals surface area contributed by atoms with Crippen LogP contribution in [0.3, 0.4) is 0 Å². The van der Waals surface area contributed by atoms with Crippen molar-refractivity contribution in [3.63, 3.8) is 0 Å². The fourth-order valence-corrected chi connectivity index (χ4v) is 1.73. The molecule has 0 aromatic heterocycles. The Kier molecular flexibility index (Phi) is 3.79. The molecule has 1 rings (SSSR count). The molecule has 0 saturated carbocycles. The van der Waals surface area contributed by atoms with Crippen LogP contribution in [-0.2, 0) is 0 Å². The zero-order valence-corrected chi connectivity index (χ0v) is 10.5. The van der Waals surface area contributed by atoms with E-state index >= 15 is 0 Å². The van der Waals surface area contributed by atoms with E-state index < -0.39 is 5.82 Å². The number of hydrogen-bond acceptors (Lipinski definition) is 2. The highest BCUT2D eigenvalue weighted by Gasteiger charge is 2.21. The highest BCUT2D eigenvalue weighted by Crippen LogP contribution is 2.40. The molecule has 0 fully saturated rings. The topological polar surface area (TPSA) is 29.5 Å². The molecule has 16 heavy (non-hydrogen) atoms. The van der Waals surface area contributed by atoms with Crippen LogP contribution in [0.25, 0.3) is 0 Å². The number of rotatable bonds is 3. The number of halogens is 1. The van der Waals surface area contributed by atoms with E-state index in [9.17, 15) is 9.50 Å². The molecule has 0 aliphatic carbocycles. The summed E-state index contributed by atoms with van der Waals surface area (Å²) in [5.74, 6) is -0.487. The summed E-state index contributed by atoms with van der Waals surface area (Å²) in [6.45, 7) is 7.77. The number of hydrogen-bond donors (Lipinski definition) is 1. The Labute approximate surface area is 96.1 Å². The molecule has 0 spiro atoms. The van der Waals surface area contributed by atoms with Crippen molar-refractivity contribution in [2.75, 3.05) is 7.11 Å². The van der Waals surface area contributed by atoms with Crippen LogP contribution in [0.1, 0.15) is 50.7 Å². The predicted octanol–water partition coefficient (Wildman–Crippen LogP) is 3.79. The molecule has 1 aromatic carbocycles. The molecule has 1 aromatic rings. The molecule has 0 atom stereocenters. The first-order valence-corrected chi connectivity index (χ1v) is 5.49. The van der Waals surface area contributed by atoms with Crippen LogP contribution in [0.4, 0.5) is 4.39 Å². The normalized spacial score (nSPS) is 11.2. The number of benzene rings is 1. The van der Waals surface area contributed by atoms with Gasteiger partial charge in [-0.1, -0.05) is 27.7 Å². The van der Waals surface area contributed by atoms with Gasteiger partial charge in [-0.05, 0) is 23.5 Å². The predicted molar refractivity (Wildman–Crippen MR) is 62.8 cm³/mol. The number of phenols is 1. The van der Waals surface area contributed by atoms with Crippen LogP contribution in [0, 0.1) is 5.82 Å². The van der Waals surface area contributed by atoms with Crippen LogP contribution in [0.5, 0.6) is 11.5 Å². The maximum atomic E-state index is 13.8. The van der Waals surface area contributed by atoms with Gasteiger partial charge >= 0.3 is 0 Å². The lowest BCUT2D eigenvalue weighted by molar-refractivity contribution is 0.349. The number of ether oxygens (including phenoxy) is 1. The van der Waals surface area contributed by atoms with E-state index in [-0.39, 0.29) is 23.3 Å². The second-order valence-corrected chi connectivity index (χ2v) is 4.56. The molecular weight excluding hydrogens is 207 g/mol. The molecule has 0 bridgehead atoms. The van der Waals surface area contributed by atoms with Crippen LogP contribution in [0.2, 0.25) is 0 Å². The standard InChI is InChI=1S/C13H19FO2/c1-7(2)9-6-10(8(3)4)13(16-5)12(15)11(9)14/h6-8,15H,1-5H3. The molecule has 0 aliphatic heterocycles. The van der Waals surface area contributed by atoms with Crippen molar-refractivity contribution in [2.45, 2.75) is 39.5 Å². The van der Waals surface area contributed by atoms with Gasteiger partial charge in [0.05, 0.1) is 7.11 Å². The van der Waals surface area contributed by atoms with E-state index in [1.807, 2.05) is 27.7 Å². The van der Waals surface area contributed by atoms with Crippen molar-refractivity contribution in [3.8, 4) is 11.5 Å². The quantitative estimate of drug-likeness (QED) is 0.849. The summed E-state index contributed by atoms with van der Waals surface area (Å²) < 4.78 is 18.9. The van der Waals surface area contributed by atoms with Gasteiger partial charge in [0.2, 0.25) is 0 Å². The summed E-state index contributed by atoms with van der Waals surface area (Å²) in [6, 6.07) is 1.78. The Hall–Kier alpha value is -1.25. The minimum atomic E-state index is -0.573. The van der Waals surface area contributed by atoms with Crippen molar-refractivity contribution in [3.05, 3.63) is 23.0 Å². The summed E-state index contributed by atoms with van der Waals surface area (Å²) in [7, 11) is 1.44. The molecule has 0 aliphatic rings. The minimum absolute atomic E-state index is 0.0364. The Morgan fingerprint density at radius 3 is 2.00 bits per heavy atom. The summed E-state index contributed by atoms with van der Waals surface area (Å²) in [4.78, 5) is 0. The van der Waals surface area contributed by atoms with Gasteiger partial charge in [-0.2, -0.15) is 0 Å². The first kappa shape index (κ1) is 12.8. The maximum absolute atomic E-state index is 13.8. The zero-order chi connectivity index (χ0) is 12.5. The average Bonchev–Trinajstić information content (AvgIpc) is 2.20. The fraction of sp³-hybridized carbons (Fsp3) is 0.538. The van der Waals surface area contributed by atoms with Gasteiger partial charge in [0, 0.05) is 5.56 Å². The first-order chi connectivity index (χ1) is 7.40. The molecule has 0 saturated heterocycles. The highest BCUT2D eigenvalue weighted by atomic mass is 19.1. The van der Waals surface area contributed by atoms with Gasteiger partial charge < -0.3 is 9.84 Å². The van der Waals surface area contributed by atoms with Crippen molar-refractivity contribution >= 4 is 0 Å². The van der Waals surface area contributed by atoms with Crippen LogP contribution in [-0.4, -0.2) is 12.2 Å². The lowest BCUT2D eigenvalue weighted by Crippen LogP contribution is -2.02. The van der Waals surface area contributed by atoms with E-state index in [1.54, 1.807) is 6.07 Å². The Morgan fingerprint density at radius 1 is 1.12 bits per heavy atom. The van der Waals surface area contributed by atoms with Crippen LogP contribution in [0.15, 0.2) is 6.07 Å². The molecule has 2 nitrogen and oxygen atoms in total. The molecule has 0 amide bonds. The number of methoxy groups -OCH3 is 1. The molecular formula is C13H19FO2. The van der Waals surface area contributed by atoms with Gasteiger partial charge in [0.15, 0.2) is 17.3 Å². The first-order valence-electron chi connectivity index (χ1n) is 5.49. The average molecular weight is 226 g/mol. The molecule has 90 valence electrons. The third kappa shape index (κ3) is 2.13. The SMILES string of the molecule is COc1c(C(C)C)cc(C(C)C)c(F)c1O. The third-order valence-corrected chi connectivity index (χ3v) is 2.70. The van der Waals surface area contributed by atoms with Gasteiger partial charge in [-0.3, -0.25) is 0 Å². The lowest BCUT2D eigenvalue weighted by atomic mass is 9.93. The number of phenolic OH excluding ortho intramolecular Hbond substituents is 1. The van der Waals surface area contributed by atoms with Crippen molar-refractivity contribution in [2.24, 2.45) is 0 Å². The number of aromatic hydroxyl groups is 1. The second-order valence-electron chi connectivity index (χ2n) is 4.56. The highest BCUT2D eigenvalue weighted by molar-refractivity contribution is 5.51.